The monoisotopic (exact) mass is 224 g/mol. The van der Waals surface area contributed by atoms with E-state index in [2.05, 4.69) is 6.92 Å². The molecule has 16 heavy (non-hydrogen) atoms. The summed E-state index contributed by atoms with van der Waals surface area (Å²) in [7, 11) is 0. The third-order valence-corrected chi connectivity index (χ3v) is 5.36. The molecule has 0 saturated heterocycles. The van der Waals surface area contributed by atoms with Crippen molar-refractivity contribution in [3.05, 3.63) is 0 Å². The van der Waals surface area contributed by atoms with E-state index in [9.17, 15) is 15.0 Å². The smallest absolute Gasteiger partial charge is 0.309 e. The molecule has 0 aromatic rings. The Hall–Kier alpha value is -0.570. The number of carboxylic acid groups (broad SMARTS) is 1. The van der Waals surface area contributed by atoms with Crippen LogP contribution in [0.25, 0.3) is 0 Å². The molecule has 0 radical (unpaired) electrons. The molecule has 4 saturated carbocycles. The summed E-state index contributed by atoms with van der Waals surface area (Å²) < 4.78 is 0. The maximum atomic E-state index is 11.5. The number of hydrogen-bond acceptors (Lipinski definition) is 2. The Bertz CT molecular complexity index is 353. The van der Waals surface area contributed by atoms with Crippen LogP contribution in [0.15, 0.2) is 0 Å². The Labute approximate surface area is 95.9 Å². The zero-order valence-corrected chi connectivity index (χ0v) is 9.83. The third-order valence-electron chi connectivity index (χ3n) is 5.36. The lowest BCUT2D eigenvalue weighted by Crippen LogP contribution is -2.62. The van der Waals surface area contributed by atoms with Gasteiger partial charge in [0.15, 0.2) is 0 Å². The van der Waals surface area contributed by atoms with Crippen LogP contribution in [0.4, 0.5) is 0 Å². The molecule has 3 heteroatoms. The van der Waals surface area contributed by atoms with Gasteiger partial charge in [-0.15, -0.1) is 0 Å². The van der Waals surface area contributed by atoms with Crippen molar-refractivity contribution >= 4 is 5.97 Å². The van der Waals surface area contributed by atoms with Gasteiger partial charge in [0.05, 0.1) is 11.0 Å². The van der Waals surface area contributed by atoms with Crippen LogP contribution < -0.4 is 0 Å². The molecule has 0 aliphatic heterocycles. The van der Waals surface area contributed by atoms with Gasteiger partial charge in [0.25, 0.3) is 0 Å². The third kappa shape index (κ3) is 1.21. The normalized spacial score (nSPS) is 54.2. The van der Waals surface area contributed by atoms with Crippen LogP contribution in [0.2, 0.25) is 0 Å². The van der Waals surface area contributed by atoms with Crippen molar-refractivity contribution in [1.29, 1.82) is 0 Å². The first-order valence-electron chi connectivity index (χ1n) is 6.37. The van der Waals surface area contributed by atoms with E-state index in [1.807, 2.05) is 0 Å². The molecule has 0 heterocycles. The molecule has 0 unspecified atom stereocenters. The lowest BCUT2D eigenvalue weighted by Gasteiger charge is -2.63. The van der Waals surface area contributed by atoms with Crippen molar-refractivity contribution in [2.75, 3.05) is 0 Å². The highest BCUT2D eigenvalue weighted by Crippen LogP contribution is 2.67. The SMILES string of the molecule is CC[C@]12C[C@@H]3C[C@@](O)(C1)C[C@@](C(=O)O)(C3)C2. The fourth-order valence-electron chi connectivity index (χ4n) is 5.22. The molecule has 0 aromatic heterocycles. The fraction of sp³-hybridized carbons (Fsp3) is 0.923. The number of hydrogen-bond donors (Lipinski definition) is 2. The molecule has 4 atom stereocenters. The van der Waals surface area contributed by atoms with Gasteiger partial charge in [-0.3, -0.25) is 4.79 Å². The predicted molar refractivity (Wildman–Crippen MR) is 58.9 cm³/mol. The number of aliphatic hydroxyl groups is 1. The topological polar surface area (TPSA) is 57.5 Å². The number of aliphatic carboxylic acids is 1. The van der Waals surface area contributed by atoms with Crippen molar-refractivity contribution in [2.24, 2.45) is 16.7 Å². The molecular weight excluding hydrogens is 204 g/mol. The summed E-state index contributed by atoms with van der Waals surface area (Å²) in [5.41, 5.74) is -1.16. The maximum Gasteiger partial charge on any atom is 0.309 e. The van der Waals surface area contributed by atoms with Crippen molar-refractivity contribution in [1.82, 2.24) is 0 Å². The average molecular weight is 224 g/mol. The highest BCUT2D eigenvalue weighted by Gasteiger charge is 2.64. The highest BCUT2D eigenvalue weighted by molar-refractivity contribution is 5.75. The molecule has 0 amide bonds. The molecule has 4 bridgehead atoms. The Kier molecular flexibility index (Phi) is 1.86. The second kappa shape index (κ2) is 2.81. The van der Waals surface area contributed by atoms with E-state index in [1.54, 1.807) is 0 Å². The van der Waals surface area contributed by atoms with Crippen molar-refractivity contribution < 1.29 is 15.0 Å². The van der Waals surface area contributed by atoms with Crippen molar-refractivity contribution in [2.45, 2.75) is 57.5 Å². The summed E-state index contributed by atoms with van der Waals surface area (Å²) in [5.74, 6) is -0.231. The quantitative estimate of drug-likeness (QED) is 0.756. The maximum absolute atomic E-state index is 11.5. The average Bonchev–Trinajstić information content (AvgIpc) is 2.13. The molecule has 4 fully saturated rings. The lowest BCUT2D eigenvalue weighted by molar-refractivity contribution is -0.213. The van der Waals surface area contributed by atoms with Gasteiger partial charge in [-0.2, -0.15) is 0 Å². The summed E-state index contributed by atoms with van der Waals surface area (Å²) in [6, 6.07) is 0. The largest absolute Gasteiger partial charge is 0.481 e. The van der Waals surface area contributed by atoms with Gasteiger partial charge < -0.3 is 10.2 Å². The van der Waals surface area contributed by atoms with E-state index >= 15 is 0 Å². The fourth-order valence-corrected chi connectivity index (χ4v) is 5.22. The van der Waals surface area contributed by atoms with Gasteiger partial charge in [0.1, 0.15) is 0 Å². The first kappa shape index (κ1) is 10.6. The first-order valence-corrected chi connectivity index (χ1v) is 6.37. The van der Waals surface area contributed by atoms with Gasteiger partial charge in [-0.05, 0) is 49.9 Å². The van der Waals surface area contributed by atoms with Crippen LogP contribution >= 0.6 is 0 Å². The lowest BCUT2D eigenvalue weighted by atomic mass is 9.42. The number of rotatable bonds is 2. The Morgan fingerprint density at radius 1 is 1.25 bits per heavy atom. The highest BCUT2D eigenvalue weighted by atomic mass is 16.4. The summed E-state index contributed by atoms with van der Waals surface area (Å²) in [6.45, 7) is 2.14. The van der Waals surface area contributed by atoms with Crippen LogP contribution in [0, 0.1) is 16.7 Å². The van der Waals surface area contributed by atoms with E-state index in [1.165, 1.54) is 0 Å². The van der Waals surface area contributed by atoms with Gasteiger partial charge in [-0.1, -0.05) is 13.3 Å². The molecule has 4 aliphatic carbocycles. The van der Waals surface area contributed by atoms with E-state index in [4.69, 9.17) is 0 Å². The first-order chi connectivity index (χ1) is 7.41. The van der Waals surface area contributed by atoms with Crippen LogP contribution in [-0.2, 0) is 4.79 Å². The van der Waals surface area contributed by atoms with Gasteiger partial charge in [-0.25, -0.2) is 0 Å². The summed E-state index contributed by atoms with van der Waals surface area (Å²) in [6.07, 6.45) is 5.91. The van der Waals surface area contributed by atoms with Crippen LogP contribution in [0.1, 0.15) is 51.9 Å². The van der Waals surface area contributed by atoms with Crippen LogP contribution in [0.5, 0.6) is 0 Å². The molecule has 0 aromatic carbocycles. The van der Waals surface area contributed by atoms with E-state index in [0.29, 0.717) is 12.3 Å². The number of carboxylic acids is 1. The Morgan fingerprint density at radius 2 is 2.00 bits per heavy atom. The summed E-state index contributed by atoms with van der Waals surface area (Å²) in [4.78, 5) is 11.5. The van der Waals surface area contributed by atoms with E-state index < -0.39 is 17.0 Å². The van der Waals surface area contributed by atoms with Crippen molar-refractivity contribution in [3.8, 4) is 0 Å². The van der Waals surface area contributed by atoms with E-state index in [-0.39, 0.29) is 5.41 Å². The predicted octanol–water partition coefficient (Wildman–Crippen LogP) is 2.18. The van der Waals surface area contributed by atoms with Crippen LogP contribution in [-0.4, -0.2) is 21.8 Å². The zero-order chi connectivity index (χ0) is 11.6. The molecule has 90 valence electrons. The zero-order valence-electron chi connectivity index (χ0n) is 9.83. The second-order valence-electron chi connectivity index (χ2n) is 6.67. The summed E-state index contributed by atoms with van der Waals surface area (Å²) in [5, 5.41) is 20.0. The molecule has 3 nitrogen and oxygen atoms in total. The van der Waals surface area contributed by atoms with E-state index in [0.717, 1.165) is 38.5 Å². The standard InChI is InChI=1S/C13H20O3/c1-2-11-3-9-4-12(6-11,10(14)15)8-13(16,5-9)7-11/h9,16H,2-8H2,1H3,(H,14,15)/t9-,11+,12+,13+/m0/s1. The Balaban J connectivity index is 2.04. The van der Waals surface area contributed by atoms with Gasteiger partial charge in [0.2, 0.25) is 0 Å². The number of carbonyl (C=O) groups is 1. The minimum Gasteiger partial charge on any atom is -0.481 e. The molecular formula is C13H20O3. The van der Waals surface area contributed by atoms with Crippen LogP contribution in [0.3, 0.4) is 0 Å². The molecule has 4 aliphatic rings. The van der Waals surface area contributed by atoms with Gasteiger partial charge in [0, 0.05) is 0 Å². The van der Waals surface area contributed by atoms with Crippen molar-refractivity contribution in [3.63, 3.8) is 0 Å². The Morgan fingerprint density at radius 3 is 2.56 bits per heavy atom. The minimum absolute atomic E-state index is 0.118. The molecule has 4 rings (SSSR count). The minimum atomic E-state index is -0.673. The molecule has 0 spiro atoms. The van der Waals surface area contributed by atoms with Gasteiger partial charge >= 0.3 is 5.97 Å². The molecule has 2 N–H and O–H groups in total. The second-order valence-corrected chi connectivity index (χ2v) is 6.67. The summed E-state index contributed by atoms with van der Waals surface area (Å²) >= 11 is 0.